The van der Waals surface area contributed by atoms with Gasteiger partial charge >= 0.3 is 0 Å². The fraction of sp³-hybridized carbons (Fsp3) is 1.00. The van der Waals surface area contributed by atoms with E-state index in [-0.39, 0.29) is 12.1 Å². The standard InChI is InChI=1S/C5H12O3.H2O/c1-5(2,8-7)3-4-6;/h6-7H,3-4H2,1-2H3;1H2. The van der Waals surface area contributed by atoms with Crippen molar-refractivity contribution in [2.75, 3.05) is 6.61 Å². The molecule has 0 saturated heterocycles. The van der Waals surface area contributed by atoms with Gasteiger partial charge in [0.25, 0.3) is 0 Å². The molecule has 58 valence electrons. The molecule has 9 heavy (non-hydrogen) atoms. The fourth-order valence-electron chi connectivity index (χ4n) is 0.315. The molecule has 4 N–H and O–H groups in total. The Morgan fingerprint density at radius 2 is 1.89 bits per heavy atom. The van der Waals surface area contributed by atoms with Crippen molar-refractivity contribution >= 4 is 0 Å². The molecule has 0 atom stereocenters. The van der Waals surface area contributed by atoms with Crippen LogP contribution in [0.2, 0.25) is 0 Å². The molecule has 4 nitrogen and oxygen atoms in total. The van der Waals surface area contributed by atoms with Crippen molar-refractivity contribution in [2.24, 2.45) is 0 Å². The number of rotatable bonds is 3. The van der Waals surface area contributed by atoms with Gasteiger partial charge in [-0.3, -0.25) is 5.26 Å². The third-order valence-electron chi connectivity index (χ3n) is 0.961. The highest BCUT2D eigenvalue weighted by molar-refractivity contribution is 4.64. The molecular weight excluding hydrogens is 124 g/mol. The molecule has 0 fully saturated rings. The second kappa shape index (κ2) is 4.69. The molecule has 0 rings (SSSR count). The van der Waals surface area contributed by atoms with Gasteiger partial charge < -0.3 is 10.6 Å². The maximum Gasteiger partial charge on any atom is 0.0999 e. The summed E-state index contributed by atoms with van der Waals surface area (Å²) in [5.41, 5.74) is -0.602. The van der Waals surface area contributed by atoms with E-state index >= 15 is 0 Å². The summed E-state index contributed by atoms with van der Waals surface area (Å²) in [6, 6.07) is 0. The highest BCUT2D eigenvalue weighted by Gasteiger charge is 2.16. The highest BCUT2D eigenvalue weighted by Crippen LogP contribution is 2.10. The second-order valence-corrected chi connectivity index (χ2v) is 2.32. The Hall–Kier alpha value is -0.160. The summed E-state index contributed by atoms with van der Waals surface area (Å²) in [5.74, 6) is 0. The molecule has 0 aromatic heterocycles. The molecule has 0 aliphatic carbocycles. The maximum atomic E-state index is 8.34. The number of hydrogen-bond donors (Lipinski definition) is 2. The summed E-state index contributed by atoms with van der Waals surface area (Å²) in [5, 5.41) is 16.5. The van der Waals surface area contributed by atoms with Crippen molar-refractivity contribution in [3.63, 3.8) is 0 Å². The summed E-state index contributed by atoms with van der Waals surface area (Å²) in [6.07, 6.45) is 0.448. The third kappa shape index (κ3) is 5.72. The van der Waals surface area contributed by atoms with E-state index in [0.29, 0.717) is 6.42 Å². The van der Waals surface area contributed by atoms with Gasteiger partial charge in [0.1, 0.15) is 0 Å². The lowest BCUT2D eigenvalue weighted by Gasteiger charge is -2.17. The fourth-order valence-corrected chi connectivity index (χ4v) is 0.315. The highest BCUT2D eigenvalue weighted by atomic mass is 17.1. The lowest BCUT2D eigenvalue weighted by molar-refractivity contribution is -0.315. The number of aliphatic hydroxyl groups is 1. The largest absolute Gasteiger partial charge is 0.412 e. The minimum atomic E-state index is -0.602. The maximum absolute atomic E-state index is 8.34. The molecule has 0 spiro atoms. The predicted octanol–water partition coefficient (Wildman–Crippen LogP) is -0.188. The lowest BCUT2D eigenvalue weighted by Crippen LogP contribution is -2.23. The van der Waals surface area contributed by atoms with Crippen LogP contribution in [0.5, 0.6) is 0 Å². The summed E-state index contributed by atoms with van der Waals surface area (Å²) >= 11 is 0. The van der Waals surface area contributed by atoms with E-state index in [1.807, 2.05) is 0 Å². The van der Waals surface area contributed by atoms with E-state index < -0.39 is 5.60 Å². The monoisotopic (exact) mass is 138 g/mol. The molecule has 0 bridgehead atoms. The Bertz CT molecular complexity index is 62.0. The molecule has 0 radical (unpaired) electrons. The molecule has 0 aliphatic rings. The van der Waals surface area contributed by atoms with Crippen molar-refractivity contribution in [3.8, 4) is 0 Å². The van der Waals surface area contributed by atoms with Gasteiger partial charge in [0.15, 0.2) is 0 Å². The zero-order chi connectivity index (χ0) is 6.62. The van der Waals surface area contributed by atoms with Crippen LogP contribution in [0.4, 0.5) is 0 Å². The van der Waals surface area contributed by atoms with Crippen LogP contribution >= 0.6 is 0 Å². The Kier molecular flexibility index (Phi) is 6.06. The number of hydrogen-bond acceptors (Lipinski definition) is 3. The quantitative estimate of drug-likeness (QED) is 0.419. The van der Waals surface area contributed by atoms with E-state index in [0.717, 1.165) is 0 Å². The zero-order valence-electron chi connectivity index (χ0n) is 5.72. The van der Waals surface area contributed by atoms with Crippen LogP contribution in [-0.2, 0) is 4.89 Å². The Morgan fingerprint density at radius 3 is 2.00 bits per heavy atom. The Labute approximate surface area is 54.3 Å². The smallest absolute Gasteiger partial charge is 0.0999 e. The van der Waals surface area contributed by atoms with Gasteiger partial charge in [0, 0.05) is 13.0 Å². The minimum Gasteiger partial charge on any atom is -0.412 e. The predicted molar refractivity (Wildman–Crippen MR) is 33.1 cm³/mol. The van der Waals surface area contributed by atoms with Gasteiger partial charge in [0.05, 0.1) is 5.60 Å². The summed E-state index contributed by atoms with van der Waals surface area (Å²) in [7, 11) is 0. The minimum absolute atomic E-state index is 0. The topological polar surface area (TPSA) is 81.2 Å². The lowest BCUT2D eigenvalue weighted by atomic mass is 10.1. The van der Waals surface area contributed by atoms with E-state index in [4.69, 9.17) is 10.4 Å². The van der Waals surface area contributed by atoms with Crippen molar-refractivity contribution in [3.05, 3.63) is 0 Å². The van der Waals surface area contributed by atoms with E-state index in [9.17, 15) is 0 Å². The molecule has 0 heterocycles. The molecule has 0 aliphatic heterocycles. The van der Waals surface area contributed by atoms with Crippen LogP contribution in [0.25, 0.3) is 0 Å². The summed E-state index contributed by atoms with van der Waals surface area (Å²) in [6.45, 7) is 3.43. The van der Waals surface area contributed by atoms with Crippen LogP contribution in [0.1, 0.15) is 20.3 Å². The molecule has 4 heteroatoms. The van der Waals surface area contributed by atoms with Crippen molar-refractivity contribution in [1.82, 2.24) is 0 Å². The summed E-state index contributed by atoms with van der Waals surface area (Å²) < 4.78 is 0. The average molecular weight is 138 g/mol. The van der Waals surface area contributed by atoms with E-state index in [1.165, 1.54) is 0 Å². The van der Waals surface area contributed by atoms with Gasteiger partial charge in [-0.1, -0.05) is 0 Å². The third-order valence-corrected chi connectivity index (χ3v) is 0.961. The molecule has 0 amide bonds. The van der Waals surface area contributed by atoms with E-state index in [1.54, 1.807) is 13.8 Å². The first-order chi connectivity index (χ1) is 3.62. The van der Waals surface area contributed by atoms with Crippen LogP contribution in [0.3, 0.4) is 0 Å². The Balaban J connectivity index is 0. The van der Waals surface area contributed by atoms with E-state index in [2.05, 4.69) is 4.89 Å². The van der Waals surface area contributed by atoms with Gasteiger partial charge in [-0.25, -0.2) is 4.89 Å². The van der Waals surface area contributed by atoms with Crippen LogP contribution in [0, 0.1) is 0 Å². The van der Waals surface area contributed by atoms with Gasteiger partial charge in [-0.05, 0) is 13.8 Å². The molecule has 0 saturated carbocycles. The van der Waals surface area contributed by atoms with Crippen LogP contribution in [0.15, 0.2) is 0 Å². The normalized spacial score (nSPS) is 10.7. The van der Waals surface area contributed by atoms with Crippen molar-refractivity contribution in [2.45, 2.75) is 25.9 Å². The first kappa shape index (κ1) is 11.6. The second-order valence-electron chi connectivity index (χ2n) is 2.32. The first-order valence-electron chi connectivity index (χ1n) is 2.56. The van der Waals surface area contributed by atoms with Crippen LogP contribution in [-0.4, -0.2) is 28.0 Å². The van der Waals surface area contributed by atoms with Crippen molar-refractivity contribution in [1.29, 1.82) is 0 Å². The van der Waals surface area contributed by atoms with Gasteiger partial charge in [-0.15, -0.1) is 0 Å². The van der Waals surface area contributed by atoms with Gasteiger partial charge in [0.2, 0.25) is 0 Å². The Morgan fingerprint density at radius 1 is 1.44 bits per heavy atom. The molecule has 0 aromatic carbocycles. The zero-order valence-corrected chi connectivity index (χ0v) is 5.72. The number of aliphatic hydroxyl groups excluding tert-OH is 1. The molecular formula is C5H14O4. The van der Waals surface area contributed by atoms with Crippen molar-refractivity contribution < 1.29 is 20.7 Å². The first-order valence-corrected chi connectivity index (χ1v) is 2.56. The summed E-state index contributed by atoms with van der Waals surface area (Å²) in [4.78, 5) is 4.02. The average Bonchev–Trinajstić information content (AvgIpc) is 1.67. The van der Waals surface area contributed by atoms with Crippen LogP contribution < -0.4 is 0 Å². The molecule has 0 aromatic rings. The van der Waals surface area contributed by atoms with Gasteiger partial charge in [-0.2, -0.15) is 0 Å². The SMILES string of the molecule is CC(C)(CCO)OO.O. The molecule has 0 unspecified atom stereocenters.